The lowest BCUT2D eigenvalue weighted by molar-refractivity contribution is -2.00. The van der Waals surface area contributed by atoms with E-state index in [1.54, 1.807) is 0 Å². The monoisotopic (exact) mass is 325 g/mol. The lowest BCUT2D eigenvalue weighted by Gasteiger charge is -2.17. The zero-order chi connectivity index (χ0) is 15.6. The van der Waals surface area contributed by atoms with Gasteiger partial charge in [-0.3, -0.25) is 5.41 Å². The van der Waals surface area contributed by atoms with Crippen molar-refractivity contribution in [3.63, 3.8) is 0 Å². The van der Waals surface area contributed by atoms with Crippen molar-refractivity contribution in [2.45, 2.75) is 6.92 Å². The molecule has 0 fully saturated rings. The molecular formula is C14H12ClNO4S. The number of benzene rings is 2. The highest BCUT2D eigenvalue weighted by Crippen LogP contribution is 2.32. The van der Waals surface area contributed by atoms with Gasteiger partial charge in [-0.05, 0) is 30.0 Å². The van der Waals surface area contributed by atoms with Crippen LogP contribution in [0.3, 0.4) is 0 Å². The molecule has 5 nitrogen and oxygen atoms in total. The van der Waals surface area contributed by atoms with Crippen molar-refractivity contribution in [3.8, 4) is 10.4 Å². The summed E-state index contributed by atoms with van der Waals surface area (Å²) in [6, 6.07) is 14.7. The molecule has 0 bridgehead atoms. The van der Waals surface area contributed by atoms with E-state index < -0.39 is 10.2 Å². The minimum absolute atomic E-state index is 0.864. The van der Waals surface area contributed by atoms with Gasteiger partial charge in [0, 0.05) is 15.6 Å². The lowest BCUT2D eigenvalue weighted by Crippen LogP contribution is -2.68. The van der Waals surface area contributed by atoms with Gasteiger partial charge in [0.05, 0.1) is 5.56 Å². The molecule has 0 aromatic heterocycles. The predicted octanol–water partition coefficient (Wildman–Crippen LogP) is -2.78. The minimum Gasteiger partial charge on any atom is -0.254 e. The van der Waals surface area contributed by atoms with Crippen LogP contribution in [-0.2, 0) is 0 Å². The smallest absolute Gasteiger partial charge is 0.205 e. The normalized spacial score (nSPS) is 11.3. The first-order valence-corrected chi connectivity index (χ1v) is 7.93. The Balaban J connectivity index is 0.000000282. The Bertz CT molecular complexity index is 791. The standard InChI is InChI=1S/C14H11NS.ClHO4/c1-9-6-7-12(15)11-8-10-4-2-3-5-13(10)16-14(9)11;2-1(3,4)5/h2-8,15H,1H3;(H,2,3,4,5). The third-order valence-corrected chi connectivity index (χ3v) is 4.20. The number of fused-ring (bicyclic) bond motifs is 2. The molecule has 1 aliphatic carbocycles. The van der Waals surface area contributed by atoms with Crippen molar-refractivity contribution < 1.29 is 34.3 Å². The molecule has 110 valence electrons. The molecule has 7 heteroatoms. The van der Waals surface area contributed by atoms with E-state index in [1.807, 2.05) is 17.4 Å². The van der Waals surface area contributed by atoms with Gasteiger partial charge < -0.3 is 0 Å². The molecule has 0 saturated heterocycles. The molecule has 0 unspecified atom stereocenters. The van der Waals surface area contributed by atoms with Crippen LogP contribution in [0.2, 0.25) is 0 Å². The predicted molar refractivity (Wildman–Crippen MR) is 68.2 cm³/mol. The first-order valence-electron chi connectivity index (χ1n) is 5.88. The van der Waals surface area contributed by atoms with Crippen molar-refractivity contribution >= 4 is 21.4 Å². The van der Waals surface area contributed by atoms with Crippen LogP contribution in [0.25, 0.3) is 20.5 Å². The molecule has 1 heterocycles. The highest BCUT2D eigenvalue weighted by molar-refractivity contribution is 7.21. The van der Waals surface area contributed by atoms with Crippen LogP contribution in [0, 0.1) is 17.2 Å². The molecule has 3 rings (SSSR count). The summed E-state index contributed by atoms with van der Waals surface area (Å²) < 4.78 is 35.3. The molecule has 0 saturated carbocycles. The second-order valence-corrected chi connectivity index (χ2v) is 6.18. The second-order valence-electron chi connectivity index (χ2n) is 4.38. The van der Waals surface area contributed by atoms with Gasteiger partial charge >= 0.3 is 0 Å². The van der Waals surface area contributed by atoms with Crippen LogP contribution < -0.4 is 29.4 Å². The van der Waals surface area contributed by atoms with Gasteiger partial charge in [-0.2, -0.15) is 0 Å². The molecule has 0 radical (unpaired) electrons. The van der Waals surface area contributed by atoms with Gasteiger partial charge in [0.25, 0.3) is 0 Å². The van der Waals surface area contributed by atoms with Crippen molar-refractivity contribution in [1.82, 2.24) is 0 Å². The Morgan fingerprint density at radius 2 is 1.62 bits per heavy atom. The van der Waals surface area contributed by atoms with E-state index in [4.69, 9.17) is 24.0 Å². The van der Waals surface area contributed by atoms with Gasteiger partial charge in [0.1, 0.15) is 0 Å². The highest BCUT2D eigenvalue weighted by Gasteiger charge is 2.11. The maximum absolute atomic E-state index is 8.49. The third kappa shape index (κ3) is 4.21. The molecule has 2 aliphatic rings. The summed E-state index contributed by atoms with van der Waals surface area (Å²) in [7, 11) is -4.94. The Hall–Kier alpha value is -1.54. The highest BCUT2D eigenvalue weighted by atomic mass is 35.7. The van der Waals surface area contributed by atoms with Crippen LogP contribution in [0.1, 0.15) is 5.56 Å². The van der Waals surface area contributed by atoms with Crippen LogP contribution in [0.15, 0.2) is 42.5 Å². The Labute approximate surface area is 126 Å². The van der Waals surface area contributed by atoms with E-state index in [1.165, 1.54) is 26.1 Å². The van der Waals surface area contributed by atoms with Crippen molar-refractivity contribution in [2.75, 3.05) is 0 Å². The van der Waals surface area contributed by atoms with Gasteiger partial charge in [-0.25, -0.2) is 18.6 Å². The molecule has 0 spiro atoms. The summed E-state index contributed by atoms with van der Waals surface area (Å²) >= 11 is 1.81. The van der Waals surface area contributed by atoms with Gasteiger partial charge in [0.15, 0.2) is 0 Å². The average molecular weight is 326 g/mol. The molecule has 21 heavy (non-hydrogen) atoms. The summed E-state index contributed by atoms with van der Waals surface area (Å²) in [5.41, 5.74) is 2.46. The SMILES string of the molecule is Cc1ccc(=[NH2+])c2cc3ccccc3sc1-2.[O-][Cl+3]([O-])([O-])[O-]. The fraction of sp³-hybridized carbons (Fsp3) is 0.0714. The Morgan fingerprint density at radius 1 is 1.00 bits per heavy atom. The van der Waals surface area contributed by atoms with Gasteiger partial charge in [-0.1, -0.05) is 24.3 Å². The summed E-state index contributed by atoms with van der Waals surface area (Å²) in [5, 5.41) is 8.15. The molecule has 1 aliphatic heterocycles. The van der Waals surface area contributed by atoms with Crippen LogP contribution in [0.4, 0.5) is 0 Å². The number of halogens is 1. The summed E-state index contributed by atoms with van der Waals surface area (Å²) in [6.45, 7) is 2.13. The van der Waals surface area contributed by atoms with E-state index in [0.717, 1.165) is 5.36 Å². The first-order chi connectivity index (χ1) is 9.75. The lowest BCUT2D eigenvalue weighted by atomic mass is 10.1. The minimum atomic E-state index is -4.94. The summed E-state index contributed by atoms with van der Waals surface area (Å²) in [6.07, 6.45) is 0. The van der Waals surface area contributed by atoms with E-state index in [-0.39, 0.29) is 0 Å². The van der Waals surface area contributed by atoms with Crippen LogP contribution in [-0.4, -0.2) is 0 Å². The third-order valence-electron chi connectivity index (χ3n) is 2.86. The van der Waals surface area contributed by atoms with Crippen molar-refractivity contribution in [1.29, 1.82) is 0 Å². The van der Waals surface area contributed by atoms with Gasteiger partial charge in [0.2, 0.25) is 5.36 Å². The van der Waals surface area contributed by atoms with E-state index in [9.17, 15) is 0 Å². The molecule has 0 amide bonds. The quantitative estimate of drug-likeness (QED) is 0.450. The van der Waals surface area contributed by atoms with Gasteiger partial charge in [-0.15, -0.1) is 21.6 Å². The molecule has 2 N–H and O–H groups in total. The summed E-state index contributed by atoms with van der Waals surface area (Å²) in [5.74, 6) is 0. The largest absolute Gasteiger partial charge is 0.254 e. The van der Waals surface area contributed by atoms with Crippen LogP contribution in [0.5, 0.6) is 0 Å². The fourth-order valence-corrected chi connectivity index (χ4v) is 3.09. The Morgan fingerprint density at radius 3 is 2.29 bits per heavy atom. The molecule has 0 atom stereocenters. The number of nitrogens with two attached hydrogens (primary N) is 1. The summed E-state index contributed by atoms with van der Waals surface area (Å²) in [4.78, 5) is 1.29. The van der Waals surface area contributed by atoms with E-state index in [0.29, 0.717) is 0 Å². The first kappa shape index (κ1) is 15.8. The van der Waals surface area contributed by atoms with Crippen molar-refractivity contribution in [2.24, 2.45) is 0 Å². The zero-order valence-corrected chi connectivity index (χ0v) is 12.6. The van der Waals surface area contributed by atoms with Crippen LogP contribution >= 0.6 is 11.3 Å². The molecule has 1 aromatic rings. The molecular weight excluding hydrogens is 314 g/mol. The second kappa shape index (κ2) is 6.07. The number of hydrogen-bond acceptors (Lipinski definition) is 5. The van der Waals surface area contributed by atoms with Crippen molar-refractivity contribution in [3.05, 3.63) is 53.4 Å². The molecule has 1 aromatic carbocycles. The Kier molecular flexibility index (Phi) is 4.58. The fourth-order valence-electron chi connectivity index (χ4n) is 1.97. The number of aryl methyl sites for hydroxylation is 1. The maximum Gasteiger partial charge on any atom is 0.205 e. The number of rotatable bonds is 0. The average Bonchev–Trinajstić information content (AvgIpc) is 2.40. The maximum atomic E-state index is 8.49. The van der Waals surface area contributed by atoms with E-state index in [2.05, 4.69) is 43.3 Å². The topological polar surface area (TPSA) is 118 Å². The number of hydrogen-bond donors (Lipinski definition) is 1. The van der Waals surface area contributed by atoms with E-state index >= 15 is 0 Å². The zero-order valence-electron chi connectivity index (χ0n) is 11.0.